The minimum Gasteiger partial charge on any atom is -0.321 e. The summed E-state index contributed by atoms with van der Waals surface area (Å²) in [5.74, 6) is -0.297. The molecule has 1 N–H and O–H groups in total. The molecule has 4 heteroatoms. The lowest BCUT2D eigenvalue weighted by Gasteiger charge is -2.05. The lowest BCUT2D eigenvalue weighted by Crippen LogP contribution is -2.10. The largest absolute Gasteiger partial charge is 0.321 e. The Bertz CT molecular complexity index is 575. The predicted molar refractivity (Wildman–Crippen MR) is 64.9 cm³/mol. The van der Waals surface area contributed by atoms with E-state index in [-0.39, 0.29) is 11.4 Å². The first kappa shape index (κ1) is 11.1. The molecule has 0 unspecified atom stereocenters. The molecule has 1 heterocycles. The maximum absolute atomic E-state index is 12.8. The third-order valence-corrected chi connectivity index (χ3v) is 2.94. The van der Waals surface area contributed by atoms with Gasteiger partial charge in [0.1, 0.15) is 5.82 Å². The Morgan fingerprint density at radius 3 is 2.50 bits per heavy atom. The topological polar surface area (TPSA) is 32.9 Å². The first-order valence-electron chi connectivity index (χ1n) is 4.73. The van der Waals surface area contributed by atoms with Crippen molar-refractivity contribution in [3.63, 3.8) is 0 Å². The summed E-state index contributed by atoms with van der Waals surface area (Å²) >= 11 is 3.37. The second-order valence-corrected chi connectivity index (χ2v) is 4.37. The van der Waals surface area contributed by atoms with E-state index in [4.69, 9.17) is 0 Å². The van der Waals surface area contributed by atoms with Crippen LogP contribution in [0, 0.1) is 12.7 Å². The van der Waals surface area contributed by atoms with Crippen LogP contribution in [0.25, 0.3) is 11.3 Å². The summed E-state index contributed by atoms with van der Waals surface area (Å²) in [6.07, 6.45) is 0. The summed E-state index contributed by atoms with van der Waals surface area (Å²) in [6, 6.07) is 7.72. The second-order valence-electron chi connectivity index (χ2n) is 3.51. The summed E-state index contributed by atoms with van der Waals surface area (Å²) in [5, 5.41) is 0. The highest BCUT2D eigenvalue weighted by Crippen LogP contribution is 2.25. The van der Waals surface area contributed by atoms with Crippen LogP contribution >= 0.6 is 15.9 Å². The van der Waals surface area contributed by atoms with Crippen molar-refractivity contribution in [1.29, 1.82) is 0 Å². The number of benzene rings is 1. The van der Waals surface area contributed by atoms with Gasteiger partial charge in [0.25, 0.3) is 5.56 Å². The molecule has 82 valence electrons. The normalized spacial score (nSPS) is 10.4. The molecule has 2 nitrogen and oxygen atoms in total. The number of aryl methyl sites for hydroxylation is 1. The zero-order chi connectivity index (χ0) is 11.7. The van der Waals surface area contributed by atoms with Gasteiger partial charge in [0.15, 0.2) is 0 Å². The molecule has 1 aromatic heterocycles. The van der Waals surface area contributed by atoms with Gasteiger partial charge in [0.2, 0.25) is 0 Å². The van der Waals surface area contributed by atoms with Gasteiger partial charge in [-0.3, -0.25) is 4.79 Å². The molecule has 0 saturated heterocycles. The summed E-state index contributed by atoms with van der Waals surface area (Å²) in [6.45, 7) is 1.73. The van der Waals surface area contributed by atoms with Crippen molar-refractivity contribution >= 4 is 15.9 Å². The van der Waals surface area contributed by atoms with Gasteiger partial charge >= 0.3 is 0 Å². The van der Waals surface area contributed by atoms with Gasteiger partial charge in [-0.05, 0) is 58.7 Å². The predicted octanol–water partition coefficient (Wildman–Crippen LogP) is 3.25. The van der Waals surface area contributed by atoms with Gasteiger partial charge in [-0.1, -0.05) is 0 Å². The van der Waals surface area contributed by atoms with Gasteiger partial charge in [0.05, 0.1) is 5.69 Å². The molecule has 0 atom stereocenters. The Labute approximate surface area is 100 Å². The minimum absolute atomic E-state index is 0.137. The number of halogens is 2. The number of pyridine rings is 1. The lowest BCUT2D eigenvalue weighted by molar-refractivity contribution is 0.628. The third kappa shape index (κ3) is 2.07. The fourth-order valence-corrected chi connectivity index (χ4v) is 2.10. The molecule has 0 bridgehead atoms. The molecule has 0 aliphatic heterocycles. The monoisotopic (exact) mass is 281 g/mol. The molecule has 0 saturated carbocycles. The first-order valence-corrected chi connectivity index (χ1v) is 5.52. The van der Waals surface area contributed by atoms with Crippen LogP contribution < -0.4 is 5.56 Å². The fraction of sp³-hybridized carbons (Fsp3) is 0.0833. The van der Waals surface area contributed by atoms with Crippen LogP contribution in [0.4, 0.5) is 4.39 Å². The standard InChI is InChI=1S/C12H9BrFNO/c1-7-6-10(13)11(15-12(7)16)8-2-4-9(14)5-3-8/h2-6H,1H3,(H,15,16). The van der Waals surface area contributed by atoms with E-state index < -0.39 is 0 Å². The smallest absolute Gasteiger partial charge is 0.251 e. The van der Waals surface area contributed by atoms with Crippen molar-refractivity contribution in [2.24, 2.45) is 0 Å². The molecule has 0 aliphatic carbocycles. The number of hydrogen-bond donors (Lipinski definition) is 1. The van der Waals surface area contributed by atoms with E-state index in [0.717, 1.165) is 10.0 Å². The summed E-state index contributed by atoms with van der Waals surface area (Å²) in [7, 11) is 0. The maximum atomic E-state index is 12.8. The molecule has 0 spiro atoms. The van der Waals surface area contributed by atoms with Gasteiger partial charge in [-0.15, -0.1) is 0 Å². The lowest BCUT2D eigenvalue weighted by atomic mass is 10.1. The number of aromatic nitrogens is 1. The van der Waals surface area contributed by atoms with Gasteiger partial charge in [-0.2, -0.15) is 0 Å². The van der Waals surface area contributed by atoms with Crippen LogP contribution in [0.5, 0.6) is 0 Å². The van der Waals surface area contributed by atoms with E-state index in [1.165, 1.54) is 12.1 Å². The second kappa shape index (κ2) is 4.22. The van der Waals surface area contributed by atoms with E-state index in [1.807, 2.05) is 0 Å². The van der Waals surface area contributed by atoms with Crippen LogP contribution in [0.1, 0.15) is 5.56 Å². The molecular formula is C12H9BrFNO. The average molecular weight is 282 g/mol. The highest BCUT2D eigenvalue weighted by atomic mass is 79.9. The van der Waals surface area contributed by atoms with Crippen molar-refractivity contribution in [2.75, 3.05) is 0 Å². The van der Waals surface area contributed by atoms with Crippen molar-refractivity contribution < 1.29 is 4.39 Å². The van der Waals surface area contributed by atoms with Crippen molar-refractivity contribution in [1.82, 2.24) is 4.98 Å². The zero-order valence-electron chi connectivity index (χ0n) is 8.55. The van der Waals surface area contributed by atoms with Crippen LogP contribution in [0.2, 0.25) is 0 Å². The Morgan fingerprint density at radius 2 is 1.88 bits per heavy atom. The quantitative estimate of drug-likeness (QED) is 0.855. The highest BCUT2D eigenvalue weighted by Gasteiger charge is 2.06. The fourth-order valence-electron chi connectivity index (χ4n) is 1.43. The van der Waals surface area contributed by atoms with E-state index in [0.29, 0.717) is 11.3 Å². The Hall–Kier alpha value is -1.42. The Kier molecular flexibility index (Phi) is 2.92. The summed E-state index contributed by atoms with van der Waals surface area (Å²) in [4.78, 5) is 14.2. The van der Waals surface area contributed by atoms with E-state index in [2.05, 4.69) is 20.9 Å². The van der Waals surface area contributed by atoms with Crippen LogP contribution in [0.3, 0.4) is 0 Å². The number of rotatable bonds is 1. The zero-order valence-corrected chi connectivity index (χ0v) is 10.1. The van der Waals surface area contributed by atoms with Gasteiger partial charge < -0.3 is 4.98 Å². The molecule has 0 amide bonds. The number of hydrogen-bond acceptors (Lipinski definition) is 1. The Morgan fingerprint density at radius 1 is 1.25 bits per heavy atom. The number of H-pyrrole nitrogens is 1. The number of nitrogens with one attached hydrogen (secondary N) is 1. The summed E-state index contributed by atoms with van der Waals surface area (Å²) < 4.78 is 13.6. The van der Waals surface area contributed by atoms with E-state index in [9.17, 15) is 9.18 Å². The van der Waals surface area contributed by atoms with Crippen molar-refractivity contribution in [3.8, 4) is 11.3 Å². The van der Waals surface area contributed by atoms with Gasteiger partial charge in [-0.25, -0.2) is 4.39 Å². The van der Waals surface area contributed by atoms with Crippen LogP contribution in [0.15, 0.2) is 39.6 Å². The van der Waals surface area contributed by atoms with Crippen LogP contribution in [-0.2, 0) is 0 Å². The molecule has 1 aromatic carbocycles. The van der Waals surface area contributed by atoms with E-state index in [1.54, 1.807) is 25.1 Å². The average Bonchev–Trinajstić information content (AvgIpc) is 2.25. The maximum Gasteiger partial charge on any atom is 0.251 e. The SMILES string of the molecule is Cc1cc(Br)c(-c2ccc(F)cc2)[nH]c1=O. The first-order chi connectivity index (χ1) is 7.58. The van der Waals surface area contributed by atoms with Crippen molar-refractivity contribution in [3.05, 3.63) is 56.5 Å². The van der Waals surface area contributed by atoms with Crippen LogP contribution in [-0.4, -0.2) is 4.98 Å². The summed E-state index contributed by atoms with van der Waals surface area (Å²) in [5.41, 5.74) is 1.93. The number of aromatic amines is 1. The van der Waals surface area contributed by atoms with Gasteiger partial charge in [0, 0.05) is 10.0 Å². The molecule has 16 heavy (non-hydrogen) atoms. The minimum atomic E-state index is -0.297. The third-order valence-electron chi connectivity index (χ3n) is 2.31. The highest BCUT2D eigenvalue weighted by molar-refractivity contribution is 9.10. The molecule has 2 aromatic rings. The molecule has 0 fully saturated rings. The van der Waals surface area contributed by atoms with Crippen molar-refractivity contribution in [2.45, 2.75) is 6.92 Å². The molecule has 2 rings (SSSR count). The molecule has 0 radical (unpaired) electrons. The molecule has 0 aliphatic rings. The Balaban J connectivity index is 2.60. The van der Waals surface area contributed by atoms with E-state index >= 15 is 0 Å². The molecular weight excluding hydrogens is 273 g/mol.